The van der Waals surface area contributed by atoms with Crippen LogP contribution in [0.1, 0.15) is 13.3 Å². The van der Waals surface area contributed by atoms with E-state index in [4.69, 9.17) is 14.2 Å². The number of hydrogen-bond donors (Lipinski definition) is 0. The first-order chi connectivity index (χ1) is 7.70. The smallest absolute Gasteiger partial charge is 0.168 e. The molecule has 16 heavy (non-hydrogen) atoms. The molecule has 0 saturated carbocycles. The van der Waals surface area contributed by atoms with E-state index in [0.29, 0.717) is 19.8 Å². The van der Waals surface area contributed by atoms with Gasteiger partial charge in [0.25, 0.3) is 0 Å². The van der Waals surface area contributed by atoms with Gasteiger partial charge in [-0.25, -0.2) is 0 Å². The van der Waals surface area contributed by atoms with Gasteiger partial charge in [0.15, 0.2) is 5.79 Å². The maximum Gasteiger partial charge on any atom is 0.168 e. The van der Waals surface area contributed by atoms with Crippen molar-refractivity contribution in [2.24, 2.45) is 0 Å². The molecule has 4 heteroatoms. The fraction of sp³-hybridized carbons (Fsp3) is 0.500. The van der Waals surface area contributed by atoms with Crippen LogP contribution in [0.5, 0.6) is 5.75 Å². The molecular formula is C12H15BrO3. The normalized spacial score (nSPS) is 18.6. The second-order valence-corrected chi connectivity index (χ2v) is 4.71. The van der Waals surface area contributed by atoms with Gasteiger partial charge in [-0.05, 0) is 35.0 Å². The molecule has 1 fully saturated rings. The van der Waals surface area contributed by atoms with Gasteiger partial charge in [0.2, 0.25) is 0 Å². The minimum atomic E-state index is -0.471. The maximum absolute atomic E-state index is 5.66. The molecule has 3 nitrogen and oxygen atoms in total. The zero-order valence-corrected chi connectivity index (χ0v) is 10.8. The van der Waals surface area contributed by atoms with Crippen LogP contribution in [-0.4, -0.2) is 25.6 Å². The van der Waals surface area contributed by atoms with Crippen molar-refractivity contribution in [2.45, 2.75) is 19.1 Å². The van der Waals surface area contributed by atoms with E-state index in [9.17, 15) is 0 Å². The highest BCUT2D eigenvalue weighted by Gasteiger charge is 2.30. The van der Waals surface area contributed by atoms with Crippen LogP contribution >= 0.6 is 15.9 Å². The van der Waals surface area contributed by atoms with Gasteiger partial charge < -0.3 is 14.2 Å². The summed E-state index contributed by atoms with van der Waals surface area (Å²) in [5.74, 6) is 0.380. The molecule has 2 rings (SSSR count). The Kier molecular flexibility index (Phi) is 3.84. The Hall–Kier alpha value is -0.580. The number of halogens is 1. The standard InChI is InChI=1S/C12H15BrO3/c1-12(15-8-9-16-12)6-7-14-11-5-3-2-4-10(11)13/h2-5H,6-9H2,1H3. The van der Waals surface area contributed by atoms with Crippen LogP contribution in [0.3, 0.4) is 0 Å². The summed E-state index contributed by atoms with van der Waals surface area (Å²) in [6, 6.07) is 7.80. The third-order valence-electron chi connectivity index (χ3n) is 2.55. The third-order valence-corrected chi connectivity index (χ3v) is 3.20. The predicted octanol–water partition coefficient (Wildman–Crippen LogP) is 2.98. The summed E-state index contributed by atoms with van der Waals surface area (Å²) in [7, 11) is 0. The molecule has 1 aromatic carbocycles. The lowest BCUT2D eigenvalue weighted by molar-refractivity contribution is -0.150. The predicted molar refractivity (Wildman–Crippen MR) is 64.6 cm³/mol. The SMILES string of the molecule is CC1(CCOc2ccccc2Br)OCCO1. The third kappa shape index (κ3) is 2.97. The molecule has 88 valence electrons. The van der Waals surface area contributed by atoms with Gasteiger partial charge in [0.1, 0.15) is 5.75 Å². The number of rotatable bonds is 4. The van der Waals surface area contributed by atoms with E-state index >= 15 is 0 Å². The van der Waals surface area contributed by atoms with Crippen molar-refractivity contribution in [3.05, 3.63) is 28.7 Å². The fourth-order valence-electron chi connectivity index (χ4n) is 1.61. The van der Waals surface area contributed by atoms with Crippen molar-refractivity contribution >= 4 is 15.9 Å². The van der Waals surface area contributed by atoms with Crippen LogP contribution in [-0.2, 0) is 9.47 Å². The highest BCUT2D eigenvalue weighted by atomic mass is 79.9. The van der Waals surface area contributed by atoms with Crippen LogP contribution < -0.4 is 4.74 Å². The molecule has 0 spiro atoms. The molecule has 0 amide bonds. The molecular weight excluding hydrogens is 272 g/mol. The molecule has 0 atom stereocenters. The van der Waals surface area contributed by atoms with Crippen molar-refractivity contribution in [3.63, 3.8) is 0 Å². The summed E-state index contributed by atoms with van der Waals surface area (Å²) in [6.07, 6.45) is 0.730. The van der Waals surface area contributed by atoms with Crippen LogP contribution in [0.25, 0.3) is 0 Å². The summed E-state index contributed by atoms with van der Waals surface area (Å²) in [6.45, 7) is 3.87. The van der Waals surface area contributed by atoms with Crippen molar-refractivity contribution in [1.29, 1.82) is 0 Å². The Morgan fingerprint density at radius 2 is 2.00 bits per heavy atom. The van der Waals surface area contributed by atoms with Crippen molar-refractivity contribution in [3.8, 4) is 5.75 Å². The van der Waals surface area contributed by atoms with Gasteiger partial charge in [-0.15, -0.1) is 0 Å². The average Bonchev–Trinajstić information content (AvgIpc) is 2.68. The second-order valence-electron chi connectivity index (χ2n) is 3.86. The maximum atomic E-state index is 5.66. The summed E-state index contributed by atoms with van der Waals surface area (Å²) in [5.41, 5.74) is 0. The van der Waals surface area contributed by atoms with E-state index < -0.39 is 5.79 Å². The summed E-state index contributed by atoms with van der Waals surface area (Å²) in [5, 5.41) is 0. The lowest BCUT2D eigenvalue weighted by Gasteiger charge is -2.22. The van der Waals surface area contributed by atoms with Crippen molar-refractivity contribution < 1.29 is 14.2 Å². The monoisotopic (exact) mass is 286 g/mol. The molecule has 1 aliphatic heterocycles. The van der Waals surface area contributed by atoms with E-state index in [1.807, 2.05) is 31.2 Å². The Balaban J connectivity index is 1.82. The van der Waals surface area contributed by atoms with E-state index in [1.165, 1.54) is 0 Å². The Morgan fingerprint density at radius 3 is 2.69 bits per heavy atom. The van der Waals surface area contributed by atoms with Crippen LogP contribution in [0.2, 0.25) is 0 Å². The largest absolute Gasteiger partial charge is 0.492 e. The van der Waals surface area contributed by atoms with Crippen molar-refractivity contribution in [1.82, 2.24) is 0 Å². The molecule has 0 aromatic heterocycles. The summed E-state index contributed by atoms with van der Waals surface area (Å²) < 4.78 is 17.6. The van der Waals surface area contributed by atoms with Gasteiger partial charge in [-0.2, -0.15) is 0 Å². The molecule has 1 aromatic rings. The quantitative estimate of drug-likeness (QED) is 0.852. The topological polar surface area (TPSA) is 27.7 Å². The molecule has 1 aliphatic rings. The first kappa shape index (κ1) is 11.9. The van der Waals surface area contributed by atoms with Crippen molar-refractivity contribution in [2.75, 3.05) is 19.8 Å². The number of benzene rings is 1. The van der Waals surface area contributed by atoms with E-state index in [1.54, 1.807) is 0 Å². The highest BCUT2D eigenvalue weighted by Crippen LogP contribution is 2.26. The summed E-state index contributed by atoms with van der Waals surface area (Å²) in [4.78, 5) is 0. The summed E-state index contributed by atoms with van der Waals surface area (Å²) >= 11 is 3.44. The lowest BCUT2D eigenvalue weighted by Crippen LogP contribution is -2.27. The zero-order valence-electron chi connectivity index (χ0n) is 9.24. The first-order valence-corrected chi connectivity index (χ1v) is 6.14. The van der Waals surface area contributed by atoms with Gasteiger partial charge in [-0.1, -0.05) is 12.1 Å². The van der Waals surface area contributed by atoms with Crippen LogP contribution in [0, 0.1) is 0 Å². The minimum Gasteiger partial charge on any atom is -0.492 e. The molecule has 0 bridgehead atoms. The first-order valence-electron chi connectivity index (χ1n) is 5.35. The number of ether oxygens (including phenoxy) is 3. The molecule has 0 N–H and O–H groups in total. The zero-order chi connectivity index (χ0) is 11.4. The fourth-order valence-corrected chi connectivity index (χ4v) is 2.01. The Morgan fingerprint density at radius 1 is 1.31 bits per heavy atom. The number of hydrogen-bond acceptors (Lipinski definition) is 3. The Bertz CT molecular complexity index is 348. The van der Waals surface area contributed by atoms with Gasteiger partial charge in [0, 0.05) is 6.42 Å². The van der Waals surface area contributed by atoms with E-state index in [2.05, 4.69) is 15.9 Å². The minimum absolute atomic E-state index is 0.471. The van der Waals surface area contributed by atoms with E-state index in [0.717, 1.165) is 16.6 Å². The lowest BCUT2D eigenvalue weighted by atomic mass is 10.2. The highest BCUT2D eigenvalue weighted by molar-refractivity contribution is 9.10. The molecule has 0 radical (unpaired) electrons. The van der Waals surface area contributed by atoms with Gasteiger partial charge >= 0.3 is 0 Å². The van der Waals surface area contributed by atoms with Gasteiger partial charge in [-0.3, -0.25) is 0 Å². The Labute approximate surface area is 104 Å². The molecule has 0 unspecified atom stereocenters. The van der Waals surface area contributed by atoms with Crippen LogP contribution in [0.4, 0.5) is 0 Å². The average molecular weight is 287 g/mol. The second kappa shape index (κ2) is 5.17. The van der Waals surface area contributed by atoms with E-state index in [-0.39, 0.29) is 0 Å². The molecule has 1 saturated heterocycles. The molecule has 0 aliphatic carbocycles. The number of para-hydroxylation sites is 1. The van der Waals surface area contributed by atoms with Crippen LogP contribution in [0.15, 0.2) is 28.7 Å². The van der Waals surface area contributed by atoms with Gasteiger partial charge in [0.05, 0.1) is 24.3 Å². The molecule has 1 heterocycles.